The van der Waals surface area contributed by atoms with E-state index in [4.69, 9.17) is 14.5 Å². The van der Waals surface area contributed by atoms with Gasteiger partial charge < -0.3 is 9.47 Å². The predicted molar refractivity (Wildman–Crippen MR) is 98.9 cm³/mol. The molecule has 1 atom stereocenters. The van der Waals surface area contributed by atoms with Gasteiger partial charge in [-0.05, 0) is 48.9 Å². The molecule has 6 nitrogen and oxygen atoms in total. The Labute approximate surface area is 153 Å². The van der Waals surface area contributed by atoms with Crippen LogP contribution in [0.3, 0.4) is 0 Å². The molecule has 1 aliphatic carbocycles. The molecule has 130 valence electrons. The minimum Gasteiger partial charge on any atom is -0.454 e. The Morgan fingerprint density at radius 3 is 3.12 bits per heavy atom. The van der Waals surface area contributed by atoms with Crippen LogP contribution < -0.4 is 9.47 Å². The van der Waals surface area contributed by atoms with Crippen molar-refractivity contribution in [3.63, 3.8) is 0 Å². The zero-order valence-corrected chi connectivity index (χ0v) is 15.0. The van der Waals surface area contributed by atoms with Gasteiger partial charge >= 0.3 is 0 Å². The molecule has 0 spiro atoms. The van der Waals surface area contributed by atoms with Crippen molar-refractivity contribution in [3.05, 3.63) is 35.0 Å². The lowest BCUT2D eigenvalue weighted by Gasteiger charge is -2.17. The maximum atomic E-state index is 5.48. The third kappa shape index (κ3) is 2.00. The molecule has 1 aliphatic heterocycles. The van der Waals surface area contributed by atoms with Gasteiger partial charge in [-0.2, -0.15) is 0 Å². The fourth-order valence-corrected chi connectivity index (χ4v) is 5.08. The lowest BCUT2D eigenvalue weighted by Crippen LogP contribution is -2.09. The molecule has 2 aliphatic rings. The Kier molecular flexibility index (Phi) is 2.88. The Hall–Kier alpha value is -2.67. The summed E-state index contributed by atoms with van der Waals surface area (Å²) in [6, 6.07) is 5.82. The zero-order valence-electron chi connectivity index (χ0n) is 14.2. The average molecular weight is 364 g/mol. The minimum atomic E-state index is 0.265. The number of nitrogens with zero attached hydrogens (tertiary/aromatic N) is 4. The highest BCUT2D eigenvalue weighted by molar-refractivity contribution is 7.19. The van der Waals surface area contributed by atoms with Crippen molar-refractivity contribution in [2.24, 2.45) is 5.92 Å². The second-order valence-electron chi connectivity index (χ2n) is 7.05. The van der Waals surface area contributed by atoms with E-state index in [2.05, 4.69) is 17.0 Å². The number of hydrogen-bond acceptors (Lipinski definition) is 6. The molecule has 3 aromatic heterocycles. The lowest BCUT2D eigenvalue weighted by molar-refractivity contribution is 0.174. The van der Waals surface area contributed by atoms with Crippen molar-refractivity contribution >= 4 is 27.2 Å². The van der Waals surface area contributed by atoms with E-state index >= 15 is 0 Å². The molecule has 0 fully saturated rings. The Bertz CT molecular complexity index is 1180. The van der Waals surface area contributed by atoms with Crippen LogP contribution in [0.2, 0.25) is 0 Å². The van der Waals surface area contributed by atoms with Crippen LogP contribution in [0, 0.1) is 5.92 Å². The summed E-state index contributed by atoms with van der Waals surface area (Å²) in [5.41, 5.74) is 3.24. The van der Waals surface area contributed by atoms with Gasteiger partial charge in [-0.25, -0.2) is 14.5 Å². The summed E-state index contributed by atoms with van der Waals surface area (Å²) in [5.74, 6) is 2.90. The topological polar surface area (TPSA) is 61.5 Å². The molecule has 0 saturated carbocycles. The highest BCUT2D eigenvalue weighted by atomic mass is 32.1. The van der Waals surface area contributed by atoms with Crippen LogP contribution in [0.4, 0.5) is 0 Å². The normalized spacial score (nSPS) is 18.6. The number of ether oxygens (including phenoxy) is 2. The van der Waals surface area contributed by atoms with Crippen molar-refractivity contribution < 1.29 is 9.47 Å². The Balaban J connectivity index is 1.56. The van der Waals surface area contributed by atoms with Crippen LogP contribution in [0.1, 0.15) is 23.8 Å². The summed E-state index contributed by atoms with van der Waals surface area (Å²) in [7, 11) is 0. The number of thiophene rings is 1. The first-order chi connectivity index (χ1) is 12.8. The van der Waals surface area contributed by atoms with E-state index in [1.807, 2.05) is 29.5 Å². The highest BCUT2D eigenvalue weighted by Crippen LogP contribution is 2.39. The molecule has 4 aromatic rings. The molecule has 0 unspecified atom stereocenters. The van der Waals surface area contributed by atoms with Crippen LogP contribution >= 0.6 is 11.3 Å². The van der Waals surface area contributed by atoms with Crippen LogP contribution in [0.15, 0.2) is 24.5 Å². The summed E-state index contributed by atoms with van der Waals surface area (Å²) >= 11 is 1.81. The van der Waals surface area contributed by atoms with Crippen LogP contribution in [0.5, 0.6) is 11.5 Å². The number of benzene rings is 1. The SMILES string of the molecule is C[C@@H]1CCc2sc3ncn4nc(-c5ccc6c(c5)OCO6)nc4c3c2C1. The molecule has 26 heavy (non-hydrogen) atoms. The van der Waals surface area contributed by atoms with E-state index < -0.39 is 0 Å². The van der Waals surface area contributed by atoms with Crippen molar-refractivity contribution in [1.82, 2.24) is 19.6 Å². The van der Waals surface area contributed by atoms with Gasteiger partial charge in [0.15, 0.2) is 23.0 Å². The maximum absolute atomic E-state index is 5.48. The molecular weight excluding hydrogens is 348 g/mol. The van der Waals surface area contributed by atoms with Crippen LogP contribution in [0.25, 0.3) is 27.3 Å². The number of aromatic nitrogens is 4. The molecular formula is C19H16N4O2S. The minimum absolute atomic E-state index is 0.265. The standard InChI is InChI=1S/C19H16N4O2S/c1-10-2-5-15-12(6-10)16-18-21-17(22-23(18)8-20-19(16)26-15)11-3-4-13-14(7-11)25-9-24-13/h3-4,7-8,10H,2,5-6,9H2,1H3/t10-/m1/s1. The molecule has 0 amide bonds. The van der Waals surface area contributed by atoms with Gasteiger partial charge in [-0.15, -0.1) is 16.4 Å². The first-order valence-corrected chi connectivity index (χ1v) is 9.63. The van der Waals surface area contributed by atoms with Gasteiger partial charge in [0.05, 0.1) is 5.39 Å². The van der Waals surface area contributed by atoms with E-state index in [1.165, 1.54) is 22.2 Å². The van der Waals surface area contributed by atoms with E-state index in [-0.39, 0.29) is 6.79 Å². The molecule has 0 bridgehead atoms. The smallest absolute Gasteiger partial charge is 0.231 e. The highest BCUT2D eigenvalue weighted by Gasteiger charge is 2.24. The fourth-order valence-electron chi connectivity index (χ4n) is 3.90. The van der Waals surface area contributed by atoms with Gasteiger partial charge in [0.2, 0.25) is 6.79 Å². The third-order valence-corrected chi connectivity index (χ3v) is 6.46. The maximum Gasteiger partial charge on any atom is 0.231 e. The summed E-state index contributed by atoms with van der Waals surface area (Å²) < 4.78 is 12.7. The van der Waals surface area contributed by atoms with Crippen LogP contribution in [-0.4, -0.2) is 26.4 Å². The van der Waals surface area contributed by atoms with Crippen molar-refractivity contribution in [2.75, 3.05) is 6.79 Å². The summed E-state index contributed by atoms with van der Waals surface area (Å²) in [6.45, 7) is 2.59. The number of hydrogen-bond donors (Lipinski definition) is 0. The van der Waals surface area contributed by atoms with Gasteiger partial charge in [-0.1, -0.05) is 6.92 Å². The molecule has 1 aromatic carbocycles. The molecule has 0 radical (unpaired) electrons. The molecule has 4 heterocycles. The molecule has 7 heteroatoms. The number of rotatable bonds is 1. The van der Waals surface area contributed by atoms with E-state index in [1.54, 1.807) is 10.8 Å². The molecule has 0 saturated heterocycles. The predicted octanol–water partition coefficient (Wildman–Crippen LogP) is 3.86. The summed E-state index contributed by atoms with van der Waals surface area (Å²) in [5, 5.41) is 5.84. The quantitative estimate of drug-likeness (QED) is 0.513. The average Bonchev–Trinajstić information content (AvgIpc) is 3.35. The van der Waals surface area contributed by atoms with Crippen molar-refractivity contribution in [3.8, 4) is 22.9 Å². The van der Waals surface area contributed by atoms with Crippen LogP contribution in [-0.2, 0) is 12.8 Å². The van der Waals surface area contributed by atoms with Gasteiger partial charge in [0.1, 0.15) is 11.2 Å². The van der Waals surface area contributed by atoms with E-state index in [9.17, 15) is 0 Å². The fraction of sp³-hybridized carbons (Fsp3) is 0.316. The van der Waals surface area contributed by atoms with E-state index in [0.717, 1.165) is 40.4 Å². The second-order valence-corrected chi connectivity index (χ2v) is 8.13. The Morgan fingerprint density at radius 2 is 2.15 bits per heavy atom. The number of fused-ring (bicyclic) bond motifs is 6. The first-order valence-electron chi connectivity index (χ1n) is 8.82. The van der Waals surface area contributed by atoms with Gasteiger partial charge in [0.25, 0.3) is 0 Å². The number of aryl methyl sites for hydroxylation is 1. The van der Waals surface area contributed by atoms with Gasteiger partial charge in [-0.3, -0.25) is 0 Å². The first kappa shape index (κ1) is 14.5. The van der Waals surface area contributed by atoms with E-state index in [0.29, 0.717) is 11.7 Å². The second kappa shape index (κ2) is 5.17. The summed E-state index contributed by atoms with van der Waals surface area (Å²) in [4.78, 5) is 12.0. The van der Waals surface area contributed by atoms with Gasteiger partial charge in [0, 0.05) is 10.4 Å². The summed E-state index contributed by atoms with van der Waals surface area (Å²) in [6.07, 6.45) is 5.27. The lowest BCUT2D eigenvalue weighted by atomic mass is 9.89. The van der Waals surface area contributed by atoms with Crippen molar-refractivity contribution in [1.29, 1.82) is 0 Å². The Morgan fingerprint density at radius 1 is 1.23 bits per heavy atom. The molecule has 0 N–H and O–H groups in total. The third-order valence-electron chi connectivity index (χ3n) is 5.26. The largest absolute Gasteiger partial charge is 0.454 e. The monoisotopic (exact) mass is 364 g/mol. The van der Waals surface area contributed by atoms with Crippen molar-refractivity contribution in [2.45, 2.75) is 26.2 Å². The zero-order chi connectivity index (χ0) is 17.3. The molecule has 6 rings (SSSR count).